The molecule has 0 aromatic heterocycles. The van der Waals surface area contributed by atoms with Crippen LogP contribution in [-0.4, -0.2) is 25.0 Å². The van der Waals surface area contributed by atoms with Gasteiger partial charge >= 0.3 is 0 Å². The molecule has 0 heterocycles. The molecule has 0 aromatic carbocycles. The zero-order valence-corrected chi connectivity index (χ0v) is 21.6. The van der Waals surface area contributed by atoms with Gasteiger partial charge in [-0.05, 0) is 124 Å². The smallest absolute Gasteiger partial charge is 0.00922 e. The van der Waals surface area contributed by atoms with Crippen LogP contribution in [0.15, 0.2) is 0 Å². The monoisotopic (exact) mass is 415 g/mol. The van der Waals surface area contributed by atoms with Crippen molar-refractivity contribution in [3.05, 3.63) is 0 Å². The van der Waals surface area contributed by atoms with Gasteiger partial charge in [0.05, 0.1) is 0 Å². The zero-order chi connectivity index (χ0) is 21.7. The Bertz CT molecular complexity index is 581. The first kappa shape index (κ1) is 23.1. The van der Waals surface area contributed by atoms with Gasteiger partial charge in [0, 0.05) is 6.04 Å². The molecule has 4 aliphatic carbocycles. The molecule has 0 radical (unpaired) electrons. The largest absolute Gasteiger partial charge is 0.306 e. The predicted octanol–water partition coefficient (Wildman–Crippen LogP) is 8.04. The van der Waals surface area contributed by atoms with E-state index in [1.54, 1.807) is 19.3 Å². The van der Waals surface area contributed by atoms with Crippen LogP contribution in [0, 0.1) is 52.3 Å². The Kier molecular flexibility index (Phi) is 6.72. The van der Waals surface area contributed by atoms with Crippen molar-refractivity contribution in [2.24, 2.45) is 52.3 Å². The summed E-state index contributed by atoms with van der Waals surface area (Å²) >= 11 is 0. The normalized spacial score (nSPS) is 47.1. The summed E-state index contributed by atoms with van der Waals surface area (Å²) in [6, 6.07) is 0.844. The van der Waals surface area contributed by atoms with Crippen LogP contribution < -0.4 is 0 Å². The van der Waals surface area contributed by atoms with Gasteiger partial charge < -0.3 is 4.90 Å². The Morgan fingerprint density at radius 1 is 0.800 bits per heavy atom. The van der Waals surface area contributed by atoms with Gasteiger partial charge in [0.2, 0.25) is 0 Å². The van der Waals surface area contributed by atoms with E-state index in [4.69, 9.17) is 0 Å². The van der Waals surface area contributed by atoms with E-state index < -0.39 is 0 Å². The minimum atomic E-state index is 0.651. The summed E-state index contributed by atoms with van der Waals surface area (Å²) in [6.07, 6.45) is 18.0. The maximum absolute atomic E-state index is 2.75. The molecule has 4 fully saturated rings. The number of hydrogen-bond acceptors (Lipinski definition) is 1. The molecule has 0 saturated heterocycles. The fraction of sp³-hybridized carbons (Fsp3) is 1.00. The lowest BCUT2D eigenvalue weighted by Crippen LogP contribution is -2.55. The molecule has 1 nitrogen and oxygen atoms in total. The summed E-state index contributed by atoms with van der Waals surface area (Å²) in [5.74, 6) is 6.94. The van der Waals surface area contributed by atoms with Crippen LogP contribution in [0.4, 0.5) is 0 Å². The van der Waals surface area contributed by atoms with Crippen molar-refractivity contribution >= 4 is 0 Å². The Morgan fingerprint density at radius 3 is 2.20 bits per heavy atom. The molecule has 0 amide bonds. The second-order valence-corrected chi connectivity index (χ2v) is 13.6. The third-order valence-corrected chi connectivity index (χ3v) is 11.6. The van der Waals surface area contributed by atoms with Gasteiger partial charge in [0.15, 0.2) is 0 Å². The Hall–Kier alpha value is -0.0400. The van der Waals surface area contributed by atoms with Crippen LogP contribution in [0.1, 0.15) is 112 Å². The number of hydrogen-bond donors (Lipinski definition) is 0. The van der Waals surface area contributed by atoms with E-state index in [0.29, 0.717) is 10.8 Å². The molecule has 9 atom stereocenters. The predicted molar refractivity (Wildman–Crippen MR) is 131 cm³/mol. The van der Waals surface area contributed by atoms with Gasteiger partial charge in [-0.25, -0.2) is 0 Å². The van der Waals surface area contributed by atoms with Gasteiger partial charge in [-0.2, -0.15) is 0 Å². The van der Waals surface area contributed by atoms with Gasteiger partial charge in [0.1, 0.15) is 0 Å². The lowest BCUT2D eigenvalue weighted by molar-refractivity contribution is -0.122. The van der Waals surface area contributed by atoms with Crippen molar-refractivity contribution in [1.82, 2.24) is 4.90 Å². The van der Waals surface area contributed by atoms with Crippen LogP contribution in [0.25, 0.3) is 0 Å². The van der Waals surface area contributed by atoms with Crippen LogP contribution >= 0.6 is 0 Å². The highest BCUT2D eigenvalue weighted by Crippen LogP contribution is 2.68. The van der Waals surface area contributed by atoms with Crippen LogP contribution in [-0.2, 0) is 0 Å². The highest BCUT2D eigenvalue weighted by molar-refractivity contribution is 5.10. The van der Waals surface area contributed by atoms with Crippen LogP contribution in [0.3, 0.4) is 0 Å². The summed E-state index contributed by atoms with van der Waals surface area (Å²) in [7, 11) is 4.62. The highest BCUT2D eigenvalue weighted by atomic mass is 15.1. The maximum atomic E-state index is 2.75. The molecule has 4 rings (SSSR count). The fourth-order valence-corrected chi connectivity index (χ4v) is 9.73. The van der Waals surface area contributed by atoms with E-state index in [1.807, 2.05) is 0 Å². The van der Waals surface area contributed by atoms with E-state index in [9.17, 15) is 0 Å². The van der Waals surface area contributed by atoms with Gasteiger partial charge in [-0.15, -0.1) is 0 Å². The summed E-state index contributed by atoms with van der Waals surface area (Å²) in [5, 5.41) is 0. The van der Waals surface area contributed by atoms with Crippen molar-refractivity contribution in [3.63, 3.8) is 0 Å². The van der Waals surface area contributed by atoms with Crippen molar-refractivity contribution in [2.45, 2.75) is 118 Å². The molecule has 1 heteroatoms. The molecule has 4 aliphatic rings. The van der Waals surface area contributed by atoms with Crippen molar-refractivity contribution in [1.29, 1.82) is 0 Å². The molecule has 0 bridgehead atoms. The number of nitrogens with zero attached hydrogens (tertiary/aromatic N) is 1. The first-order chi connectivity index (χ1) is 14.2. The number of rotatable bonds is 6. The molecule has 30 heavy (non-hydrogen) atoms. The van der Waals surface area contributed by atoms with E-state index in [2.05, 4.69) is 53.6 Å². The van der Waals surface area contributed by atoms with E-state index in [-0.39, 0.29) is 0 Å². The molecule has 4 saturated carbocycles. The van der Waals surface area contributed by atoms with Gasteiger partial charge in [-0.1, -0.05) is 53.9 Å². The SMILES string of the molecule is CC(C)CCC[C@@H](C)[C@H]1CC[C@H]2[C@@H]3CC[C@H]4C[C@@H](N(C)C)CC[C@]4(C)[C@H]3CC[C@]12C. The minimum absolute atomic E-state index is 0.651. The van der Waals surface area contributed by atoms with Crippen LogP contribution in [0.2, 0.25) is 0 Å². The third kappa shape index (κ3) is 3.92. The molecular weight excluding hydrogens is 362 g/mol. The second-order valence-electron chi connectivity index (χ2n) is 13.6. The average molecular weight is 416 g/mol. The summed E-state index contributed by atoms with van der Waals surface area (Å²) < 4.78 is 0. The molecule has 0 N–H and O–H groups in total. The molecule has 174 valence electrons. The maximum Gasteiger partial charge on any atom is 0.00922 e. The van der Waals surface area contributed by atoms with Gasteiger partial charge in [-0.3, -0.25) is 0 Å². The quantitative estimate of drug-likeness (QED) is 0.424. The van der Waals surface area contributed by atoms with Crippen molar-refractivity contribution < 1.29 is 0 Å². The molecule has 0 aliphatic heterocycles. The Balaban J connectivity index is 1.45. The van der Waals surface area contributed by atoms with E-state index in [1.165, 1.54) is 57.8 Å². The average Bonchev–Trinajstić information content (AvgIpc) is 3.04. The Labute approximate surface area is 189 Å². The minimum Gasteiger partial charge on any atom is -0.306 e. The third-order valence-electron chi connectivity index (χ3n) is 11.6. The lowest BCUT2D eigenvalue weighted by atomic mass is 9.44. The Morgan fingerprint density at radius 2 is 1.50 bits per heavy atom. The molecular formula is C29H53N. The topological polar surface area (TPSA) is 3.24 Å². The summed E-state index contributed by atoms with van der Waals surface area (Å²) in [6.45, 7) is 12.9. The highest BCUT2D eigenvalue weighted by Gasteiger charge is 2.60. The standard InChI is InChI=1S/C29H53N/c1-20(2)9-8-10-21(3)25-13-14-26-24-12-11-22-19-23(30(6)7)15-17-28(22,4)27(24)16-18-29(25,26)5/h20-27H,8-19H2,1-7H3/t21-,22+,23+,24+,25-,26+,27+,28+,29-/m1/s1. The zero-order valence-electron chi connectivity index (χ0n) is 21.6. The van der Waals surface area contributed by atoms with E-state index >= 15 is 0 Å². The van der Waals surface area contributed by atoms with E-state index in [0.717, 1.165) is 47.5 Å². The molecule has 0 aromatic rings. The fourth-order valence-electron chi connectivity index (χ4n) is 9.73. The summed E-state index contributed by atoms with van der Waals surface area (Å²) in [4.78, 5) is 2.52. The second kappa shape index (κ2) is 8.72. The van der Waals surface area contributed by atoms with Crippen LogP contribution in [0.5, 0.6) is 0 Å². The van der Waals surface area contributed by atoms with Crippen molar-refractivity contribution in [3.8, 4) is 0 Å². The number of fused-ring (bicyclic) bond motifs is 5. The van der Waals surface area contributed by atoms with Crippen molar-refractivity contribution in [2.75, 3.05) is 14.1 Å². The van der Waals surface area contributed by atoms with Gasteiger partial charge in [0.25, 0.3) is 0 Å². The first-order valence-electron chi connectivity index (χ1n) is 13.8. The molecule has 0 unspecified atom stereocenters. The lowest BCUT2D eigenvalue weighted by Gasteiger charge is -2.61. The summed E-state index contributed by atoms with van der Waals surface area (Å²) in [5.41, 5.74) is 1.31. The first-order valence-corrected chi connectivity index (χ1v) is 13.8. The molecule has 0 spiro atoms.